The summed E-state index contributed by atoms with van der Waals surface area (Å²) < 4.78 is 5.01. The van der Waals surface area contributed by atoms with Crippen molar-refractivity contribution >= 4 is 17.4 Å². The van der Waals surface area contributed by atoms with Crippen LogP contribution in [-0.2, 0) is 0 Å². The number of methoxy groups -OCH3 is 1. The molecule has 5 heteroatoms. The van der Waals surface area contributed by atoms with Crippen LogP contribution in [0.3, 0.4) is 0 Å². The molecular formula is C15H13NO4. The highest BCUT2D eigenvalue weighted by Crippen LogP contribution is 2.19. The molecule has 3 N–H and O–H groups in total. The van der Waals surface area contributed by atoms with Crippen LogP contribution in [0.2, 0.25) is 0 Å². The molecule has 0 radical (unpaired) electrons. The minimum Gasteiger partial charge on any atom is -0.497 e. The number of carbonyl (C=O) groups is 2. The Bertz CT molecular complexity index is 662. The molecule has 0 heterocycles. The van der Waals surface area contributed by atoms with Crippen LogP contribution in [-0.4, -0.2) is 24.0 Å². The number of hydrogen-bond donors (Lipinski definition) is 2. The van der Waals surface area contributed by atoms with Gasteiger partial charge in [0.05, 0.1) is 12.7 Å². The summed E-state index contributed by atoms with van der Waals surface area (Å²) in [5, 5.41) is 9.14. The van der Waals surface area contributed by atoms with E-state index in [1.54, 1.807) is 24.3 Å². The molecule has 0 atom stereocenters. The Hall–Kier alpha value is -2.82. The highest BCUT2D eigenvalue weighted by atomic mass is 16.5. The van der Waals surface area contributed by atoms with Crippen molar-refractivity contribution in [2.75, 3.05) is 12.8 Å². The first-order valence-electron chi connectivity index (χ1n) is 5.84. The first kappa shape index (κ1) is 13.6. The number of benzene rings is 2. The summed E-state index contributed by atoms with van der Waals surface area (Å²) >= 11 is 0. The van der Waals surface area contributed by atoms with Gasteiger partial charge in [-0.15, -0.1) is 0 Å². The number of ketones is 1. The third-order valence-corrected chi connectivity index (χ3v) is 2.87. The third kappa shape index (κ3) is 2.61. The number of rotatable bonds is 4. The van der Waals surface area contributed by atoms with Gasteiger partial charge in [0.25, 0.3) is 0 Å². The smallest absolute Gasteiger partial charge is 0.336 e. The Balaban J connectivity index is 2.44. The predicted octanol–water partition coefficient (Wildman–Crippen LogP) is 2.21. The van der Waals surface area contributed by atoms with Gasteiger partial charge in [0.15, 0.2) is 5.78 Å². The van der Waals surface area contributed by atoms with E-state index in [9.17, 15) is 9.59 Å². The van der Waals surface area contributed by atoms with Gasteiger partial charge in [-0.1, -0.05) is 0 Å². The van der Waals surface area contributed by atoms with E-state index in [4.69, 9.17) is 15.6 Å². The molecule has 0 saturated heterocycles. The highest BCUT2D eigenvalue weighted by molar-refractivity contribution is 6.14. The zero-order valence-electron chi connectivity index (χ0n) is 10.8. The number of carboxylic acid groups (broad SMARTS) is 1. The zero-order valence-corrected chi connectivity index (χ0v) is 10.8. The first-order chi connectivity index (χ1) is 9.52. The Labute approximate surface area is 115 Å². The van der Waals surface area contributed by atoms with E-state index in [-0.39, 0.29) is 16.9 Å². The van der Waals surface area contributed by atoms with Gasteiger partial charge in [-0.3, -0.25) is 4.79 Å². The molecule has 0 aliphatic heterocycles. The van der Waals surface area contributed by atoms with Crippen molar-refractivity contribution in [2.24, 2.45) is 0 Å². The number of aromatic carboxylic acids is 1. The van der Waals surface area contributed by atoms with Crippen LogP contribution in [0.5, 0.6) is 5.75 Å². The zero-order chi connectivity index (χ0) is 14.7. The van der Waals surface area contributed by atoms with Crippen molar-refractivity contribution < 1.29 is 19.4 Å². The topological polar surface area (TPSA) is 89.6 Å². The first-order valence-corrected chi connectivity index (χ1v) is 5.84. The average molecular weight is 271 g/mol. The predicted molar refractivity (Wildman–Crippen MR) is 74.2 cm³/mol. The molecule has 0 unspecified atom stereocenters. The van der Waals surface area contributed by atoms with Crippen molar-refractivity contribution in [3.63, 3.8) is 0 Å². The number of carbonyl (C=O) groups excluding carboxylic acids is 1. The third-order valence-electron chi connectivity index (χ3n) is 2.87. The molecule has 0 saturated carbocycles. The molecule has 0 amide bonds. The molecule has 102 valence electrons. The Kier molecular flexibility index (Phi) is 3.70. The maximum Gasteiger partial charge on any atom is 0.336 e. The highest BCUT2D eigenvalue weighted by Gasteiger charge is 2.18. The minimum absolute atomic E-state index is 0.106. The van der Waals surface area contributed by atoms with Crippen molar-refractivity contribution in [3.8, 4) is 5.75 Å². The maximum absolute atomic E-state index is 12.3. The van der Waals surface area contributed by atoms with Crippen LogP contribution in [0.25, 0.3) is 0 Å². The average Bonchev–Trinajstić information content (AvgIpc) is 2.46. The molecule has 2 aromatic carbocycles. The van der Waals surface area contributed by atoms with Gasteiger partial charge >= 0.3 is 5.97 Å². The fourth-order valence-electron chi connectivity index (χ4n) is 1.83. The Morgan fingerprint density at radius 2 is 1.70 bits per heavy atom. The van der Waals surface area contributed by atoms with Gasteiger partial charge in [-0.05, 0) is 42.5 Å². The van der Waals surface area contributed by atoms with E-state index in [0.717, 1.165) is 0 Å². The second kappa shape index (κ2) is 5.44. The van der Waals surface area contributed by atoms with Crippen LogP contribution < -0.4 is 10.5 Å². The van der Waals surface area contributed by atoms with Gasteiger partial charge in [-0.25, -0.2) is 4.79 Å². The Morgan fingerprint density at radius 3 is 2.25 bits per heavy atom. The summed E-state index contributed by atoms with van der Waals surface area (Å²) in [5.74, 6) is -0.934. The molecule has 5 nitrogen and oxygen atoms in total. The van der Waals surface area contributed by atoms with Crippen LogP contribution in [0.1, 0.15) is 26.3 Å². The number of carboxylic acids is 1. The lowest BCUT2D eigenvalue weighted by Gasteiger charge is -2.07. The molecule has 0 spiro atoms. The van der Waals surface area contributed by atoms with Crippen LogP contribution in [0.15, 0.2) is 42.5 Å². The fraction of sp³-hybridized carbons (Fsp3) is 0.0667. The van der Waals surface area contributed by atoms with Crippen molar-refractivity contribution in [1.29, 1.82) is 0 Å². The molecule has 0 aliphatic rings. The number of nitrogens with two attached hydrogens (primary N) is 1. The van der Waals surface area contributed by atoms with Crippen molar-refractivity contribution in [3.05, 3.63) is 59.2 Å². The van der Waals surface area contributed by atoms with E-state index in [2.05, 4.69) is 0 Å². The van der Waals surface area contributed by atoms with E-state index in [0.29, 0.717) is 17.0 Å². The van der Waals surface area contributed by atoms with Crippen molar-refractivity contribution in [1.82, 2.24) is 0 Å². The summed E-state index contributed by atoms with van der Waals surface area (Å²) in [6.07, 6.45) is 0. The van der Waals surface area contributed by atoms with Crippen LogP contribution >= 0.6 is 0 Å². The number of ether oxygens (including phenoxy) is 1. The van der Waals surface area contributed by atoms with E-state index < -0.39 is 5.97 Å². The van der Waals surface area contributed by atoms with Gasteiger partial charge in [0.2, 0.25) is 0 Å². The lowest BCUT2D eigenvalue weighted by molar-refractivity contribution is 0.0693. The number of nitrogen functional groups attached to an aromatic ring is 1. The molecule has 0 aliphatic carbocycles. The van der Waals surface area contributed by atoms with E-state index in [1.807, 2.05) is 0 Å². The minimum atomic E-state index is -1.19. The van der Waals surface area contributed by atoms with Crippen LogP contribution in [0.4, 0.5) is 5.69 Å². The number of anilines is 1. The van der Waals surface area contributed by atoms with Gasteiger partial charge in [0, 0.05) is 16.8 Å². The molecule has 2 aromatic rings. The molecule has 0 fully saturated rings. The Morgan fingerprint density at radius 1 is 1.05 bits per heavy atom. The summed E-state index contributed by atoms with van der Waals surface area (Å²) in [6.45, 7) is 0. The monoisotopic (exact) mass is 271 g/mol. The van der Waals surface area contributed by atoms with Crippen LogP contribution in [0, 0.1) is 0 Å². The molecule has 2 rings (SSSR count). The normalized spacial score (nSPS) is 10.1. The molecule has 0 bridgehead atoms. The molecule has 20 heavy (non-hydrogen) atoms. The summed E-state index contributed by atoms with van der Waals surface area (Å²) in [5.41, 5.74) is 6.24. The van der Waals surface area contributed by atoms with E-state index >= 15 is 0 Å². The largest absolute Gasteiger partial charge is 0.497 e. The second-order valence-electron chi connectivity index (χ2n) is 4.17. The lowest BCUT2D eigenvalue weighted by Crippen LogP contribution is -2.10. The summed E-state index contributed by atoms with van der Waals surface area (Å²) in [7, 11) is 1.53. The van der Waals surface area contributed by atoms with E-state index in [1.165, 1.54) is 25.3 Å². The quantitative estimate of drug-likeness (QED) is 0.657. The molecular weight excluding hydrogens is 258 g/mol. The maximum atomic E-state index is 12.3. The fourth-order valence-corrected chi connectivity index (χ4v) is 1.83. The second-order valence-corrected chi connectivity index (χ2v) is 4.17. The molecule has 0 aromatic heterocycles. The van der Waals surface area contributed by atoms with Gasteiger partial charge in [0.1, 0.15) is 5.75 Å². The summed E-state index contributed by atoms with van der Waals surface area (Å²) in [6, 6.07) is 10.7. The standard InChI is InChI=1S/C15H13NO4/c1-20-11-5-2-9(3-6-11)14(17)12-7-4-10(16)8-13(12)15(18)19/h2-8H,16H2,1H3,(H,18,19). The number of hydrogen-bond acceptors (Lipinski definition) is 4. The van der Waals surface area contributed by atoms with Crippen molar-refractivity contribution in [2.45, 2.75) is 0 Å². The van der Waals surface area contributed by atoms with Gasteiger partial charge < -0.3 is 15.6 Å². The lowest BCUT2D eigenvalue weighted by atomic mass is 9.98. The van der Waals surface area contributed by atoms with Gasteiger partial charge in [-0.2, -0.15) is 0 Å². The SMILES string of the molecule is COc1ccc(C(=O)c2ccc(N)cc2C(=O)O)cc1. The summed E-state index contributed by atoms with van der Waals surface area (Å²) in [4.78, 5) is 23.5.